The highest BCUT2D eigenvalue weighted by Gasteiger charge is 2.33. The van der Waals surface area contributed by atoms with E-state index in [0.717, 1.165) is 0 Å². The average Bonchev–Trinajstić information content (AvgIpc) is 2.80. The fourth-order valence-electron chi connectivity index (χ4n) is 3.02. The van der Waals surface area contributed by atoms with Crippen LogP contribution in [0.25, 0.3) is 0 Å². The predicted octanol–water partition coefficient (Wildman–Crippen LogP) is -5.78. The van der Waals surface area contributed by atoms with Gasteiger partial charge in [0.05, 0.1) is 18.6 Å². The van der Waals surface area contributed by atoms with Gasteiger partial charge in [-0.2, -0.15) is 0 Å². The number of aliphatic imine (C=N–C) groups is 2. The minimum absolute atomic E-state index is 0.0669. The van der Waals surface area contributed by atoms with Gasteiger partial charge < -0.3 is 60.6 Å². The van der Waals surface area contributed by atoms with Gasteiger partial charge in [0.25, 0.3) is 0 Å². The molecule has 216 valence electrons. The second-order valence-electron chi connectivity index (χ2n) is 8.36. The highest BCUT2D eigenvalue weighted by molar-refractivity contribution is 5.96. The number of amides is 4. The molecule has 0 aliphatic heterocycles. The van der Waals surface area contributed by atoms with Crippen molar-refractivity contribution < 1.29 is 34.2 Å². The van der Waals surface area contributed by atoms with E-state index in [2.05, 4.69) is 25.9 Å². The third-order valence-electron chi connectivity index (χ3n) is 4.97. The van der Waals surface area contributed by atoms with Gasteiger partial charge in [0.1, 0.15) is 18.1 Å². The van der Waals surface area contributed by atoms with Crippen molar-refractivity contribution in [1.29, 1.82) is 0 Å². The second kappa shape index (κ2) is 17.3. The number of primary amides is 1. The number of nitrogens with one attached hydrogen (secondary N) is 3. The summed E-state index contributed by atoms with van der Waals surface area (Å²) in [5, 5.41) is 26.1. The van der Waals surface area contributed by atoms with E-state index in [1.54, 1.807) is 0 Å². The van der Waals surface area contributed by atoms with Gasteiger partial charge in [-0.1, -0.05) is 0 Å². The van der Waals surface area contributed by atoms with Crippen LogP contribution in [0, 0.1) is 0 Å². The Morgan fingerprint density at radius 2 is 1.26 bits per heavy atom. The van der Waals surface area contributed by atoms with Crippen molar-refractivity contribution in [1.82, 2.24) is 16.0 Å². The Morgan fingerprint density at radius 1 is 0.763 bits per heavy atom. The summed E-state index contributed by atoms with van der Waals surface area (Å²) in [5.74, 6) is -5.51. The smallest absolute Gasteiger partial charge is 0.326 e. The number of carboxylic acid groups (broad SMARTS) is 1. The zero-order valence-corrected chi connectivity index (χ0v) is 21.1. The Bertz CT molecular complexity index is 887. The number of aliphatic carboxylic acids is 1. The van der Waals surface area contributed by atoms with E-state index in [1.807, 2.05) is 0 Å². The Labute approximate surface area is 219 Å². The van der Waals surface area contributed by atoms with Gasteiger partial charge >= 0.3 is 5.97 Å². The molecule has 18 nitrogen and oxygen atoms in total. The molecule has 0 aromatic rings. The second-order valence-corrected chi connectivity index (χ2v) is 8.36. The quantitative estimate of drug-likeness (QED) is 0.0435. The summed E-state index contributed by atoms with van der Waals surface area (Å²) in [6.45, 7) is 1.53. The number of hydrogen-bond acceptors (Lipinski definition) is 9. The number of carbonyl (C=O) groups excluding carboxylic acids is 4. The van der Waals surface area contributed by atoms with Crippen LogP contribution in [0.4, 0.5) is 0 Å². The van der Waals surface area contributed by atoms with Crippen molar-refractivity contribution in [3.05, 3.63) is 0 Å². The Kier molecular flexibility index (Phi) is 15.4. The number of rotatable bonds is 18. The highest BCUT2D eigenvalue weighted by atomic mass is 16.4. The summed E-state index contributed by atoms with van der Waals surface area (Å²) in [6.07, 6.45) is -1.48. The molecule has 0 aliphatic rings. The van der Waals surface area contributed by atoms with E-state index in [0.29, 0.717) is 6.42 Å². The van der Waals surface area contributed by atoms with Gasteiger partial charge in [0, 0.05) is 13.1 Å². The molecule has 0 fully saturated rings. The molecule has 17 N–H and O–H groups in total. The third kappa shape index (κ3) is 14.4. The lowest BCUT2D eigenvalue weighted by atomic mass is 10.1. The number of carboxylic acids is 1. The number of nitrogens with zero attached hydrogens (tertiary/aromatic N) is 2. The zero-order chi connectivity index (χ0) is 29.4. The monoisotopic (exact) mass is 545 g/mol. The molecule has 0 saturated heterocycles. The molecule has 0 heterocycles. The summed E-state index contributed by atoms with van der Waals surface area (Å²) >= 11 is 0. The van der Waals surface area contributed by atoms with E-state index in [9.17, 15) is 34.2 Å². The number of nitrogens with two attached hydrogens (primary N) is 6. The van der Waals surface area contributed by atoms with Gasteiger partial charge in [0.2, 0.25) is 23.6 Å². The zero-order valence-electron chi connectivity index (χ0n) is 21.1. The van der Waals surface area contributed by atoms with Crippen LogP contribution in [0.5, 0.6) is 0 Å². The van der Waals surface area contributed by atoms with Gasteiger partial charge in [-0.3, -0.25) is 29.2 Å². The molecule has 0 spiro atoms. The minimum atomic E-state index is -1.61. The Balaban J connectivity index is 5.34. The van der Waals surface area contributed by atoms with Crippen molar-refractivity contribution >= 4 is 41.5 Å². The number of aliphatic hydroxyl groups excluding tert-OH is 1. The van der Waals surface area contributed by atoms with Crippen LogP contribution in [-0.2, 0) is 24.0 Å². The number of guanidine groups is 2. The lowest BCUT2D eigenvalue weighted by Gasteiger charge is -2.26. The lowest BCUT2D eigenvalue weighted by Crippen LogP contribution is -2.60. The lowest BCUT2D eigenvalue weighted by molar-refractivity contribution is -0.142. The molecule has 0 aromatic carbocycles. The first-order chi connectivity index (χ1) is 17.6. The van der Waals surface area contributed by atoms with Crippen molar-refractivity contribution in [2.45, 2.75) is 69.3 Å². The van der Waals surface area contributed by atoms with E-state index < -0.39 is 66.3 Å². The van der Waals surface area contributed by atoms with Gasteiger partial charge in [-0.15, -0.1) is 0 Å². The summed E-state index contributed by atoms with van der Waals surface area (Å²) in [4.78, 5) is 68.5. The minimum Gasteiger partial charge on any atom is -0.480 e. The van der Waals surface area contributed by atoms with Crippen LogP contribution in [0.3, 0.4) is 0 Å². The molecule has 0 aromatic heterocycles. The maximum absolute atomic E-state index is 12.8. The van der Waals surface area contributed by atoms with Gasteiger partial charge in [-0.05, 0) is 32.6 Å². The van der Waals surface area contributed by atoms with Crippen LogP contribution < -0.4 is 50.4 Å². The van der Waals surface area contributed by atoms with Crippen LogP contribution in [0.15, 0.2) is 9.98 Å². The largest absolute Gasteiger partial charge is 0.480 e. The molecule has 0 bridgehead atoms. The third-order valence-corrected chi connectivity index (χ3v) is 4.97. The molecular weight excluding hydrogens is 506 g/mol. The summed E-state index contributed by atoms with van der Waals surface area (Å²) in [6, 6.07) is -5.64. The molecule has 5 unspecified atom stereocenters. The van der Waals surface area contributed by atoms with Crippen LogP contribution in [0.2, 0.25) is 0 Å². The molecule has 0 rings (SSSR count). The van der Waals surface area contributed by atoms with Gasteiger partial charge in [0.15, 0.2) is 11.9 Å². The van der Waals surface area contributed by atoms with Crippen LogP contribution >= 0.6 is 0 Å². The summed E-state index contributed by atoms with van der Waals surface area (Å²) in [7, 11) is 0. The fourth-order valence-corrected chi connectivity index (χ4v) is 3.02. The fraction of sp³-hybridized carbons (Fsp3) is 0.650. The molecule has 38 heavy (non-hydrogen) atoms. The van der Waals surface area contributed by atoms with Crippen LogP contribution in [0.1, 0.15) is 39.0 Å². The maximum atomic E-state index is 12.8. The standard InChI is InChI=1S/C20H39N11O7/c1-9(32)14(31-15(34)10(21)4-2-6-27-19(23)24)17(36)30-12(8-13(22)33)16(35)29-11(18(37)38)5-3-7-28-20(25)26/h9-12,14,32H,2-8,21H2,1H3,(H2,22,33)(H,29,35)(H,30,36)(H,31,34)(H,37,38)(H4,23,24,27)(H4,25,26,28). The van der Waals surface area contributed by atoms with Crippen molar-refractivity contribution in [2.75, 3.05) is 13.1 Å². The Hall–Kier alpha value is -4.19. The van der Waals surface area contributed by atoms with Crippen molar-refractivity contribution in [3.63, 3.8) is 0 Å². The molecule has 5 atom stereocenters. The normalized spacial score (nSPS) is 14.5. The van der Waals surface area contributed by atoms with E-state index in [-0.39, 0.29) is 44.3 Å². The molecular formula is C20H39N11O7. The van der Waals surface area contributed by atoms with Gasteiger partial charge in [-0.25, -0.2) is 4.79 Å². The first-order valence-electron chi connectivity index (χ1n) is 11.6. The topological polar surface area (TPSA) is 343 Å². The van der Waals surface area contributed by atoms with E-state index >= 15 is 0 Å². The number of hydrogen-bond donors (Lipinski definition) is 11. The maximum Gasteiger partial charge on any atom is 0.326 e. The molecule has 18 heteroatoms. The first-order valence-corrected chi connectivity index (χ1v) is 11.6. The van der Waals surface area contributed by atoms with Crippen molar-refractivity contribution in [2.24, 2.45) is 44.4 Å². The van der Waals surface area contributed by atoms with E-state index in [4.69, 9.17) is 34.4 Å². The van der Waals surface area contributed by atoms with Crippen molar-refractivity contribution in [3.8, 4) is 0 Å². The predicted molar refractivity (Wildman–Crippen MR) is 137 cm³/mol. The Morgan fingerprint density at radius 3 is 1.71 bits per heavy atom. The van der Waals surface area contributed by atoms with E-state index in [1.165, 1.54) is 6.92 Å². The highest BCUT2D eigenvalue weighted by Crippen LogP contribution is 2.04. The SMILES string of the molecule is CC(O)C(NC(=O)C(N)CCCN=C(N)N)C(=O)NC(CC(N)=O)C(=O)NC(CCCN=C(N)N)C(=O)O. The molecule has 0 saturated carbocycles. The van der Waals surface area contributed by atoms with Crippen LogP contribution in [-0.4, -0.2) is 95.1 Å². The molecule has 4 amide bonds. The number of aliphatic hydroxyl groups is 1. The molecule has 0 aliphatic carbocycles. The first kappa shape index (κ1) is 33.8. The summed E-state index contributed by atoms with van der Waals surface area (Å²) in [5.41, 5.74) is 31.8. The summed E-state index contributed by atoms with van der Waals surface area (Å²) < 4.78 is 0. The number of carbonyl (C=O) groups is 5. The molecule has 0 radical (unpaired) electrons. The average molecular weight is 546 g/mol.